The maximum Gasteiger partial charge on any atom is 0.311 e. The van der Waals surface area contributed by atoms with E-state index in [4.69, 9.17) is 11.6 Å². The monoisotopic (exact) mass is 379 g/mol. The van der Waals surface area contributed by atoms with Crippen molar-refractivity contribution in [3.05, 3.63) is 26.8 Å². The van der Waals surface area contributed by atoms with Crippen LogP contribution in [0.15, 0.2) is 18.2 Å². The topological polar surface area (TPSA) is 46.6 Å². The first kappa shape index (κ1) is 13.6. The molecule has 4 nitrogen and oxygen atoms in total. The molecule has 1 saturated heterocycles. The van der Waals surface area contributed by atoms with E-state index in [0.717, 1.165) is 9.26 Å². The predicted molar refractivity (Wildman–Crippen MR) is 76.6 cm³/mol. The van der Waals surface area contributed by atoms with Crippen LogP contribution in [-0.2, 0) is 14.3 Å². The molecule has 0 N–H and O–H groups in total. The van der Waals surface area contributed by atoms with E-state index in [1.807, 2.05) is 0 Å². The summed E-state index contributed by atoms with van der Waals surface area (Å²) in [4.78, 5) is 25.0. The van der Waals surface area contributed by atoms with Gasteiger partial charge >= 0.3 is 5.97 Å². The Labute approximate surface area is 123 Å². The Morgan fingerprint density at radius 3 is 2.89 bits per heavy atom. The highest BCUT2D eigenvalue weighted by Crippen LogP contribution is 2.31. The molecule has 1 unspecified atom stereocenters. The number of hydrogen-bond donors (Lipinski definition) is 0. The minimum absolute atomic E-state index is 0.0642. The minimum atomic E-state index is -0.381. The molecule has 6 heteroatoms. The fourth-order valence-corrected chi connectivity index (χ4v) is 3.13. The molecule has 0 radical (unpaired) electrons. The summed E-state index contributed by atoms with van der Waals surface area (Å²) in [6.07, 6.45) is 0.200. The molecule has 0 aliphatic carbocycles. The zero-order valence-electron chi connectivity index (χ0n) is 9.65. The van der Waals surface area contributed by atoms with E-state index in [9.17, 15) is 9.59 Å². The van der Waals surface area contributed by atoms with Gasteiger partial charge in [0.15, 0.2) is 0 Å². The third-order valence-electron chi connectivity index (χ3n) is 2.86. The molecule has 1 atom stereocenters. The molecule has 1 aliphatic rings. The molecule has 1 aromatic carbocycles. The molecule has 1 aromatic rings. The minimum Gasteiger partial charge on any atom is -0.469 e. The zero-order valence-corrected chi connectivity index (χ0v) is 12.6. The molecule has 1 fully saturated rings. The smallest absolute Gasteiger partial charge is 0.311 e. The third kappa shape index (κ3) is 2.61. The number of carbonyl (C=O) groups excluding carboxylic acids is 2. The van der Waals surface area contributed by atoms with Crippen LogP contribution < -0.4 is 4.90 Å². The lowest BCUT2D eigenvalue weighted by atomic mass is 10.1. The fourth-order valence-electron chi connectivity index (χ4n) is 1.97. The number of anilines is 1. The highest BCUT2D eigenvalue weighted by Gasteiger charge is 2.36. The molecule has 1 aliphatic heterocycles. The van der Waals surface area contributed by atoms with E-state index in [1.165, 1.54) is 7.11 Å². The normalized spacial score (nSPS) is 19.2. The second kappa shape index (κ2) is 5.44. The van der Waals surface area contributed by atoms with E-state index in [-0.39, 0.29) is 24.2 Å². The lowest BCUT2D eigenvalue weighted by Crippen LogP contribution is -2.26. The lowest BCUT2D eigenvalue weighted by molar-refractivity contribution is -0.145. The number of rotatable bonds is 2. The standard InChI is InChI=1S/C12H11ClINO3/c1-18-12(17)7-4-11(16)15(6-7)10-3-2-8(13)5-9(10)14/h2-3,5,7H,4,6H2,1H3. The van der Waals surface area contributed by atoms with Crippen LogP contribution in [0.1, 0.15) is 6.42 Å². The van der Waals surface area contributed by atoms with Gasteiger partial charge in [-0.15, -0.1) is 0 Å². The van der Waals surface area contributed by atoms with E-state index in [0.29, 0.717) is 11.6 Å². The van der Waals surface area contributed by atoms with Gasteiger partial charge in [-0.1, -0.05) is 11.6 Å². The maximum atomic E-state index is 11.9. The Morgan fingerprint density at radius 2 is 2.28 bits per heavy atom. The number of ether oxygens (including phenoxy) is 1. The Balaban J connectivity index is 2.24. The molecule has 1 heterocycles. The van der Waals surface area contributed by atoms with Gasteiger partial charge in [-0.25, -0.2) is 0 Å². The molecule has 0 bridgehead atoms. The van der Waals surface area contributed by atoms with Crippen LogP contribution in [-0.4, -0.2) is 25.5 Å². The van der Waals surface area contributed by atoms with Crippen molar-refractivity contribution < 1.29 is 14.3 Å². The summed E-state index contributed by atoms with van der Waals surface area (Å²) in [6.45, 7) is 0.364. The summed E-state index contributed by atoms with van der Waals surface area (Å²) in [5.74, 6) is -0.783. The van der Waals surface area contributed by atoms with Crippen molar-refractivity contribution in [2.24, 2.45) is 5.92 Å². The van der Waals surface area contributed by atoms with Crippen molar-refractivity contribution in [1.29, 1.82) is 0 Å². The van der Waals surface area contributed by atoms with E-state index >= 15 is 0 Å². The Hall–Kier alpha value is -0.820. The van der Waals surface area contributed by atoms with Crippen LogP contribution in [0.2, 0.25) is 5.02 Å². The van der Waals surface area contributed by atoms with Gasteiger partial charge in [0.05, 0.1) is 18.7 Å². The molecule has 0 saturated carbocycles. The van der Waals surface area contributed by atoms with E-state index < -0.39 is 0 Å². The van der Waals surface area contributed by atoms with Crippen LogP contribution >= 0.6 is 34.2 Å². The first-order chi connectivity index (χ1) is 8.52. The van der Waals surface area contributed by atoms with Crippen LogP contribution in [0, 0.1) is 9.49 Å². The second-order valence-electron chi connectivity index (χ2n) is 4.02. The zero-order chi connectivity index (χ0) is 13.3. The molecule has 96 valence electrons. The highest BCUT2D eigenvalue weighted by molar-refractivity contribution is 14.1. The van der Waals surface area contributed by atoms with Crippen molar-refractivity contribution in [2.45, 2.75) is 6.42 Å². The van der Waals surface area contributed by atoms with Gasteiger partial charge in [-0.05, 0) is 40.8 Å². The number of benzene rings is 1. The lowest BCUT2D eigenvalue weighted by Gasteiger charge is -2.18. The molecule has 0 aromatic heterocycles. The van der Waals surface area contributed by atoms with E-state index in [1.54, 1.807) is 23.1 Å². The van der Waals surface area contributed by atoms with Crippen LogP contribution in [0.3, 0.4) is 0 Å². The van der Waals surface area contributed by atoms with Gasteiger partial charge in [-0.3, -0.25) is 9.59 Å². The van der Waals surface area contributed by atoms with Crippen LogP contribution in [0.25, 0.3) is 0 Å². The fraction of sp³-hybridized carbons (Fsp3) is 0.333. The Morgan fingerprint density at radius 1 is 1.56 bits per heavy atom. The van der Waals surface area contributed by atoms with Gasteiger partial charge in [0.25, 0.3) is 0 Å². The summed E-state index contributed by atoms with van der Waals surface area (Å²) in [5.41, 5.74) is 0.788. The highest BCUT2D eigenvalue weighted by atomic mass is 127. The Kier molecular flexibility index (Phi) is 4.11. The summed E-state index contributed by atoms with van der Waals surface area (Å²) >= 11 is 8.00. The van der Waals surface area contributed by atoms with Crippen LogP contribution in [0.5, 0.6) is 0 Å². The van der Waals surface area contributed by atoms with Gasteiger partial charge in [0.1, 0.15) is 0 Å². The number of methoxy groups -OCH3 is 1. The maximum absolute atomic E-state index is 11.9. The first-order valence-corrected chi connectivity index (χ1v) is 6.82. The number of amides is 1. The average molecular weight is 380 g/mol. The number of hydrogen-bond acceptors (Lipinski definition) is 3. The Bertz CT molecular complexity index is 506. The number of nitrogens with zero attached hydrogens (tertiary/aromatic N) is 1. The molecular weight excluding hydrogens is 368 g/mol. The molecule has 18 heavy (non-hydrogen) atoms. The SMILES string of the molecule is COC(=O)C1CC(=O)N(c2ccc(Cl)cc2I)C1. The average Bonchev–Trinajstić information content (AvgIpc) is 2.70. The third-order valence-corrected chi connectivity index (χ3v) is 3.96. The molecule has 0 spiro atoms. The number of halogens is 2. The number of esters is 1. The van der Waals surface area contributed by atoms with Crippen molar-refractivity contribution in [3.8, 4) is 0 Å². The molecular formula is C12H11ClINO3. The molecule has 1 amide bonds. The first-order valence-electron chi connectivity index (χ1n) is 5.36. The van der Waals surface area contributed by atoms with Gasteiger partial charge in [0.2, 0.25) is 5.91 Å². The summed E-state index contributed by atoms with van der Waals surface area (Å²) in [7, 11) is 1.33. The predicted octanol–water partition coefficient (Wildman–Crippen LogP) is 2.47. The van der Waals surface area contributed by atoms with Crippen molar-refractivity contribution in [3.63, 3.8) is 0 Å². The van der Waals surface area contributed by atoms with Crippen molar-refractivity contribution >= 4 is 51.8 Å². The summed E-state index contributed by atoms with van der Waals surface area (Å²) < 4.78 is 5.56. The van der Waals surface area contributed by atoms with Gasteiger partial charge < -0.3 is 9.64 Å². The van der Waals surface area contributed by atoms with Crippen molar-refractivity contribution in [1.82, 2.24) is 0 Å². The van der Waals surface area contributed by atoms with Gasteiger partial charge in [0, 0.05) is 21.6 Å². The van der Waals surface area contributed by atoms with E-state index in [2.05, 4.69) is 27.3 Å². The quantitative estimate of drug-likeness (QED) is 0.586. The molecule has 2 rings (SSSR count). The largest absolute Gasteiger partial charge is 0.469 e. The number of carbonyl (C=O) groups is 2. The van der Waals surface area contributed by atoms with Crippen molar-refractivity contribution in [2.75, 3.05) is 18.6 Å². The van der Waals surface area contributed by atoms with Crippen LogP contribution in [0.4, 0.5) is 5.69 Å². The summed E-state index contributed by atoms with van der Waals surface area (Å²) in [6, 6.07) is 5.32. The summed E-state index contributed by atoms with van der Waals surface area (Å²) in [5, 5.41) is 0.624. The second-order valence-corrected chi connectivity index (χ2v) is 5.62. The van der Waals surface area contributed by atoms with Gasteiger partial charge in [-0.2, -0.15) is 0 Å².